The fourth-order valence-electron chi connectivity index (χ4n) is 1.83. The zero-order valence-electron chi connectivity index (χ0n) is 12.8. The summed E-state index contributed by atoms with van der Waals surface area (Å²) in [6.45, 7) is 7.01. The zero-order chi connectivity index (χ0) is 17.5. The lowest BCUT2D eigenvalue weighted by Gasteiger charge is -2.16. The van der Waals surface area contributed by atoms with Crippen molar-refractivity contribution in [3.63, 3.8) is 0 Å². The second kappa shape index (κ2) is 7.75. The third-order valence-electron chi connectivity index (χ3n) is 2.91. The summed E-state index contributed by atoms with van der Waals surface area (Å²) in [5, 5.41) is 1.12. The summed E-state index contributed by atoms with van der Waals surface area (Å²) < 4.78 is 13.1. The van der Waals surface area contributed by atoms with Gasteiger partial charge in [0, 0.05) is 18.0 Å². The average molecular weight is 325 g/mol. The maximum atomic E-state index is 13.1. The smallest absolute Gasteiger partial charge is 0.178 e. The SMILES string of the molecule is C=C/N=C\N(N)/C(=N/C=C)c1nc(-c2ccc(F)cc2)cnc1N. The van der Waals surface area contributed by atoms with E-state index in [4.69, 9.17) is 11.6 Å². The topological polar surface area (TPSA) is 106 Å². The zero-order valence-corrected chi connectivity index (χ0v) is 12.8. The third-order valence-corrected chi connectivity index (χ3v) is 2.91. The first kappa shape index (κ1) is 17.0. The van der Waals surface area contributed by atoms with Crippen molar-refractivity contribution in [3.05, 3.63) is 67.5 Å². The minimum Gasteiger partial charge on any atom is -0.382 e. The number of aliphatic imine (C=N–C) groups is 2. The van der Waals surface area contributed by atoms with E-state index in [1.807, 2.05) is 0 Å². The molecular weight excluding hydrogens is 309 g/mol. The number of hydrogen-bond donors (Lipinski definition) is 2. The molecule has 0 saturated heterocycles. The maximum absolute atomic E-state index is 13.1. The molecule has 0 spiro atoms. The molecule has 0 saturated carbocycles. The van der Waals surface area contributed by atoms with E-state index in [1.54, 1.807) is 12.1 Å². The van der Waals surface area contributed by atoms with Crippen LogP contribution < -0.4 is 11.6 Å². The summed E-state index contributed by atoms with van der Waals surface area (Å²) in [4.78, 5) is 16.4. The van der Waals surface area contributed by atoms with E-state index >= 15 is 0 Å². The van der Waals surface area contributed by atoms with Gasteiger partial charge in [0.2, 0.25) is 0 Å². The molecule has 0 atom stereocenters. The molecule has 1 aromatic carbocycles. The van der Waals surface area contributed by atoms with Crippen molar-refractivity contribution < 1.29 is 4.39 Å². The number of halogens is 1. The minimum absolute atomic E-state index is 0.129. The van der Waals surface area contributed by atoms with Crippen LogP contribution in [0, 0.1) is 5.82 Å². The van der Waals surface area contributed by atoms with E-state index in [9.17, 15) is 4.39 Å². The number of benzene rings is 1. The molecule has 24 heavy (non-hydrogen) atoms. The van der Waals surface area contributed by atoms with Gasteiger partial charge in [0.1, 0.15) is 17.8 Å². The van der Waals surface area contributed by atoms with Gasteiger partial charge in [0.25, 0.3) is 0 Å². The standard InChI is InChI=1S/C16H16FN7/c1-3-20-10-24(19)16(21-4-2)14-15(18)22-9-13(23-14)11-5-7-12(17)8-6-11/h3-10H,1-2,19H2,(H2,18,22)/b20-10-,21-16+. The van der Waals surface area contributed by atoms with Crippen molar-refractivity contribution in [3.8, 4) is 11.3 Å². The van der Waals surface area contributed by atoms with Gasteiger partial charge in [-0.2, -0.15) is 0 Å². The number of hydrazine groups is 1. The van der Waals surface area contributed by atoms with E-state index in [1.165, 1.54) is 37.1 Å². The molecule has 2 rings (SSSR count). The molecule has 0 radical (unpaired) electrons. The second-order valence-corrected chi connectivity index (χ2v) is 4.49. The monoisotopic (exact) mass is 325 g/mol. The summed E-state index contributed by atoms with van der Waals surface area (Å²) >= 11 is 0. The van der Waals surface area contributed by atoms with Crippen LogP contribution in [0.4, 0.5) is 10.2 Å². The van der Waals surface area contributed by atoms with Crippen LogP contribution in [0.3, 0.4) is 0 Å². The van der Waals surface area contributed by atoms with Crippen molar-refractivity contribution in [2.24, 2.45) is 15.8 Å². The quantitative estimate of drug-likeness (QED) is 0.379. The highest BCUT2D eigenvalue weighted by atomic mass is 19.1. The molecule has 4 N–H and O–H groups in total. The first-order valence-electron chi connectivity index (χ1n) is 6.82. The first-order valence-corrected chi connectivity index (χ1v) is 6.82. The lowest BCUT2D eigenvalue weighted by molar-refractivity contribution is 0.628. The van der Waals surface area contributed by atoms with Gasteiger partial charge in [0.15, 0.2) is 11.7 Å². The van der Waals surface area contributed by atoms with Gasteiger partial charge in [-0.15, -0.1) is 0 Å². The van der Waals surface area contributed by atoms with Crippen molar-refractivity contribution in [2.75, 3.05) is 5.73 Å². The molecule has 0 aliphatic carbocycles. The predicted octanol–water partition coefficient (Wildman–Crippen LogP) is 2.10. The molecule has 2 aromatic rings. The Kier molecular flexibility index (Phi) is 5.48. The number of hydrogen-bond acceptors (Lipinski definition) is 6. The Bertz CT molecular complexity index is 797. The fourth-order valence-corrected chi connectivity index (χ4v) is 1.83. The minimum atomic E-state index is -0.343. The molecule has 0 bridgehead atoms. The average Bonchev–Trinajstić information content (AvgIpc) is 2.59. The van der Waals surface area contributed by atoms with Crippen LogP contribution in [0.2, 0.25) is 0 Å². The number of anilines is 1. The highest BCUT2D eigenvalue weighted by Crippen LogP contribution is 2.19. The number of amidine groups is 1. The Morgan fingerprint density at radius 2 is 1.92 bits per heavy atom. The summed E-state index contributed by atoms with van der Waals surface area (Å²) in [5.74, 6) is 5.87. The Hall–Kier alpha value is -3.39. The Morgan fingerprint density at radius 3 is 2.54 bits per heavy atom. The maximum Gasteiger partial charge on any atom is 0.178 e. The number of rotatable bonds is 5. The van der Waals surface area contributed by atoms with Gasteiger partial charge in [-0.1, -0.05) is 13.2 Å². The van der Waals surface area contributed by atoms with Crippen LogP contribution in [0.15, 0.2) is 66.0 Å². The second-order valence-electron chi connectivity index (χ2n) is 4.49. The lowest BCUT2D eigenvalue weighted by Crippen LogP contribution is -2.37. The molecule has 0 aliphatic heterocycles. The number of nitrogens with zero attached hydrogens (tertiary/aromatic N) is 5. The van der Waals surface area contributed by atoms with Crippen molar-refractivity contribution in [1.29, 1.82) is 0 Å². The summed E-state index contributed by atoms with van der Waals surface area (Å²) in [6, 6.07) is 5.83. The molecule has 122 valence electrons. The summed E-state index contributed by atoms with van der Waals surface area (Å²) in [5.41, 5.74) is 7.30. The van der Waals surface area contributed by atoms with E-state index < -0.39 is 0 Å². The van der Waals surface area contributed by atoms with Crippen LogP contribution in [0.25, 0.3) is 11.3 Å². The predicted molar refractivity (Wildman–Crippen MR) is 93.3 cm³/mol. The van der Waals surface area contributed by atoms with Crippen LogP contribution in [-0.4, -0.2) is 27.2 Å². The molecule has 0 fully saturated rings. The Labute approximate surface area is 138 Å². The van der Waals surface area contributed by atoms with E-state index in [0.29, 0.717) is 11.3 Å². The molecule has 0 aliphatic rings. The Morgan fingerprint density at radius 1 is 1.21 bits per heavy atom. The van der Waals surface area contributed by atoms with Crippen molar-refractivity contribution >= 4 is 18.0 Å². The Balaban J connectivity index is 2.51. The van der Waals surface area contributed by atoms with Crippen LogP contribution >= 0.6 is 0 Å². The molecule has 1 aromatic heterocycles. The highest BCUT2D eigenvalue weighted by Gasteiger charge is 2.16. The van der Waals surface area contributed by atoms with E-state index in [-0.39, 0.29) is 23.2 Å². The molecule has 1 heterocycles. The highest BCUT2D eigenvalue weighted by molar-refractivity contribution is 6.06. The number of nitrogen functional groups attached to an aromatic ring is 1. The molecule has 0 unspecified atom stereocenters. The van der Waals surface area contributed by atoms with Crippen molar-refractivity contribution in [1.82, 2.24) is 15.0 Å². The molecular formula is C16H16FN7. The lowest BCUT2D eigenvalue weighted by atomic mass is 10.1. The van der Waals surface area contributed by atoms with Gasteiger partial charge >= 0.3 is 0 Å². The number of nitrogens with two attached hydrogens (primary N) is 2. The van der Waals surface area contributed by atoms with E-state index in [2.05, 4.69) is 33.1 Å². The normalized spacial score (nSPS) is 11.5. The van der Waals surface area contributed by atoms with Gasteiger partial charge in [-0.3, -0.25) is 0 Å². The van der Waals surface area contributed by atoms with Crippen molar-refractivity contribution in [2.45, 2.75) is 0 Å². The van der Waals surface area contributed by atoms with E-state index in [0.717, 1.165) is 5.01 Å². The molecule has 7 nitrogen and oxygen atoms in total. The van der Waals surface area contributed by atoms with Gasteiger partial charge in [0.05, 0.1) is 11.9 Å². The fraction of sp³-hybridized carbons (Fsp3) is 0. The van der Waals surface area contributed by atoms with Gasteiger partial charge in [-0.05, 0) is 24.3 Å². The largest absolute Gasteiger partial charge is 0.382 e. The third kappa shape index (κ3) is 3.87. The molecule has 8 heteroatoms. The summed E-state index contributed by atoms with van der Waals surface area (Å²) in [7, 11) is 0. The first-order chi connectivity index (χ1) is 11.6. The van der Waals surface area contributed by atoms with Crippen LogP contribution in [0.1, 0.15) is 5.69 Å². The van der Waals surface area contributed by atoms with Gasteiger partial charge in [-0.25, -0.2) is 35.2 Å². The number of aromatic nitrogens is 2. The van der Waals surface area contributed by atoms with Crippen LogP contribution in [0.5, 0.6) is 0 Å². The van der Waals surface area contributed by atoms with Gasteiger partial charge < -0.3 is 5.73 Å². The summed E-state index contributed by atoms with van der Waals surface area (Å²) in [6.07, 6.45) is 5.38. The van der Waals surface area contributed by atoms with Crippen LogP contribution in [-0.2, 0) is 0 Å². The molecule has 0 amide bonds.